The average Bonchev–Trinajstić information content (AvgIpc) is 2.38. The molecule has 1 aromatic rings. The Bertz CT molecular complexity index is 441. The number of carbonyl (C=O) groups is 1. The maximum atomic E-state index is 11.1. The molecule has 0 heterocycles. The first kappa shape index (κ1) is 11.4. The van der Waals surface area contributed by atoms with E-state index in [1.165, 1.54) is 11.1 Å². The lowest BCUT2D eigenvalue weighted by Gasteiger charge is -2.38. The predicted octanol–water partition coefficient (Wildman–Crippen LogP) is 3.92. The van der Waals surface area contributed by atoms with Crippen molar-refractivity contribution in [2.24, 2.45) is 5.41 Å². The van der Waals surface area contributed by atoms with Gasteiger partial charge in [-0.3, -0.25) is 4.79 Å². The van der Waals surface area contributed by atoms with Gasteiger partial charge in [-0.15, -0.1) is 0 Å². The van der Waals surface area contributed by atoms with Gasteiger partial charge >= 0.3 is 0 Å². The quantitative estimate of drug-likeness (QED) is 0.650. The fourth-order valence-electron chi connectivity index (χ4n) is 2.96. The largest absolute Gasteiger partial charge is 0.298 e. The van der Waals surface area contributed by atoms with E-state index < -0.39 is 0 Å². The van der Waals surface area contributed by atoms with Gasteiger partial charge in [-0.05, 0) is 27.9 Å². The van der Waals surface area contributed by atoms with Crippen LogP contribution in [0.25, 0.3) is 0 Å². The lowest BCUT2D eigenvalue weighted by Crippen LogP contribution is -2.33. The molecule has 1 heteroatoms. The van der Waals surface area contributed by atoms with Gasteiger partial charge in [-0.2, -0.15) is 0 Å². The Morgan fingerprint density at radius 3 is 2.38 bits per heavy atom. The van der Waals surface area contributed by atoms with Crippen LogP contribution in [-0.4, -0.2) is 6.29 Å². The Morgan fingerprint density at radius 1 is 1.19 bits per heavy atom. The van der Waals surface area contributed by atoms with Gasteiger partial charge in [0.25, 0.3) is 0 Å². The molecule has 1 nitrogen and oxygen atoms in total. The molecule has 0 aliphatic heterocycles. The Balaban J connectivity index is 2.76. The van der Waals surface area contributed by atoms with Crippen LogP contribution in [0.4, 0.5) is 0 Å². The first-order chi connectivity index (χ1) is 7.34. The highest BCUT2D eigenvalue weighted by Gasteiger charge is 2.50. The molecule has 86 valence electrons. The van der Waals surface area contributed by atoms with Gasteiger partial charge in [0.05, 0.1) is 0 Å². The highest BCUT2D eigenvalue weighted by molar-refractivity contribution is 5.79. The van der Waals surface area contributed by atoms with Gasteiger partial charge in [0.1, 0.15) is 6.29 Å². The van der Waals surface area contributed by atoms with E-state index in [-0.39, 0.29) is 10.8 Å². The van der Waals surface area contributed by atoms with Crippen molar-refractivity contribution in [1.82, 2.24) is 0 Å². The SMILES string of the molecule is CC1c2c(C=O)cccc2C(C)(C)C1(C)C. The van der Waals surface area contributed by atoms with E-state index in [4.69, 9.17) is 0 Å². The molecule has 0 amide bonds. The third kappa shape index (κ3) is 1.15. The molecule has 0 saturated heterocycles. The van der Waals surface area contributed by atoms with Crippen LogP contribution in [0.3, 0.4) is 0 Å². The summed E-state index contributed by atoms with van der Waals surface area (Å²) in [6, 6.07) is 6.10. The molecule has 0 saturated carbocycles. The summed E-state index contributed by atoms with van der Waals surface area (Å²) in [5, 5.41) is 0. The van der Waals surface area contributed by atoms with Gasteiger partial charge in [-0.25, -0.2) is 0 Å². The lowest BCUT2D eigenvalue weighted by atomic mass is 9.65. The van der Waals surface area contributed by atoms with Gasteiger partial charge in [-0.1, -0.05) is 52.8 Å². The van der Waals surface area contributed by atoms with Crippen molar-refractivity contribution in [3.8, 4) is 0 Å². The minimum atomic E-state index is 0.126. The summed E-state index contributed by atoms with van der Waals surface area (Å²) in [7, 11) is 0. The second-order valence-corrected chi connectivity index (χ2v) is 5.99. The number of rotatable bonds is 1. The van der Waals surface area contributed by atoms with Crippen molar-refractivity contribution < 1.29 is 4.79 Å². The number of hydrogen-bond acceptors (Lipinski definition) is 1. The zero-order chi connectivity index (χ0) is 12.1. The fourth-order valence-corrected chi connectivity index (χ4v) is 2.96. The molecule has 1 aliphatic rings. The minimum Gasteiger partial charge on any atom is -0.298 e. The van der Waals surface area contributed by atoms with Crippen molar-refractivity contribution in [3.63, 3.8) is 0 Å². The Labute approximate surface area is 97.9 Å². The molecule has 16 heavy (non-hydrogen) atoms. The molecular formula is C15H20O. The van der Waals surface area contributed by atoms with E-state index in [1.807, 2.05) is 12.1 Å². The van der Waals surface area contributed by atoms with Crippen molar-refractivity contribution in [1.29, 1.82) is 0 Å². The topological polar surface area (TPSA) is 17.1 Å². The summed E-state index contributed by atoms with van der Waals surface area (Å²) in [6.07, 6.45) is 0.993. The first-order valence-corrected chi connectivity index (χ1v) is 5.92. The van der Waals surface area contributed by atoms with Crippen LogP contribution < -0.4 is 0 Å². The molecule has 2 rings (SSSR count). The molecule has 0 N–H and O–H groups in total. The van der Waals surface area contributed by atoms with Crippen molar-refractivity contribution in [2.45, 2.75) is 46.0 Å². The molecule has 1 unspecified atom stereocenters. The Kier molecular flexibility index (Phi) is 2.27. The molecule has 0 fully saturated rings. The highest BCUT2D eigenvalue weighted by atomic mass is 16.1. The van der Waals surface area contributed by atoms with E-state index in [0.29, 0.717) is 5.92 Å². The van der Waals surface area contributed by atoms with Gasteiger partial charge in [0.2, 0.25) is 0 Å². The third-order valence-electron chi connectivity index (χ3n) is 5.07. The van der Waals surface area contributed by atoms with Crippen molar-refractivity contribution in [2.75, 3.05) is 0 Å². The normalized spacial score (nSPS) is 25.2. The van der Waals surface area contributed by atoms with Crippen LogP contribution in [0.15, 0.2) is 18.2 Å². The summed E-state index contributed by atoms with van der Waals surface area (Å²) in [5.74, 6) is 0.430. The summed E-state index contributed by atoms with van der Waals surface area (Å²) in [5.41, 5.74) is 3.78. The van der Waals surface area contributed by atoms with Gasteiger partial charge < -0.3 is 0 Å². The van der Waals surface area contributed by atoms with Crippen LogP contribution in [0.1, 0.15) is 62.0 Å². The van der Waals surface area contributed by atoms with Crippen LogP contribution in [0.2, 0.25) is 0 Å². The number of fused-ring (bicyclic) bond motifs is 1. The summed E-state index contributed by atoms with van der Waals surface area (Å²) < 4.78 is 0. The molecule has 0 aromatic heterocycles. The molecule has 1 aromatic carbocycles. The zero-order valence-corrected chi connectivity index (χ0v) is 10.8. The second kappa shape index (κ2) is 3.19. The van der Waals surface area contributed by atoms with Crippen LogP contribution >= 0.6 is 0 Å². The first-order valence-electron chi connectivity index (χ1n) is 5.92. The van der Waals surface area contributed by atoms with Gasteiger partial charge in [0, 0.05) is 5.56 Å². The predicted molar refractivity (Wildman–Crippen MR) is 67.1 cm³/mol. The van der Waals surface area contributed by atoms with E-state index >= 15 is 0 Å². The fraction of sp³-hybridized carbons (Fsp3) is 0.533. The number of benzene rings is 1. The maximum Gasteiger partial charge on any atom is 0.150 e. The summed E-state index contributed by atoms with van der Waals surface area (Å²) in [4.78, 5) is 11.1. The third-order valence-corrected chi connectivity index (χ3v) is 5.07. The maximum absolute atomic E-state index is 11.1. The Hall–Kier alpha value is -1.11. The monoisotopic (exact) mass is 216 g/mol. The summed E-state index contributed by atoms with van der Waals surface area (Å²) >= 11 is 0. The molecule has 0 spiro atoms. The number of carbonyl (C=O) groups excluding carboxylic acids is 1. The van der Waals surface area contributed by atoms with Crippen molar-refractivity contribution >= 4 is 6.29 Å². The van der Waals surface area contributed by atoms with E-state index in [9.17, 15) is 4.79 Å². The summed E-state index contributed by atoms with van der Waals surface area (Å²) in [6.45, 7) is 11.4. The van der Waals surface area contributed by atoms with E-state index in [2.05, 4.69) is 40.7 Å². The van der Waals surface area contributed by atoms with E-state index in [0.717, 1.165) is 11.8 Å². The standard InChI is InChI=1S/C15H20O/c1-10-13-11(9-16)7-6-8-12(13)15(4,5)14(10,2)3/h6-10H,1-5H3. The second-order valence-electron chi connectivity index (χ2n) is 5.99. The number of aldehydes is 1. The molecule has 1 atom stereocenters. The zero-order valence-electron chi connectivity index (χ0n) is 10.8. The van der Waals surface area contributed by atoms with Crippen molar-refractivity contribution in [3.05, 3.63) is 34.9 Å². The van der Waals surface area contributed by atoms with Crippen LogP contribution in [-0.2, 0) is 5.41 Å². The molecular weight excluding hydrogens is 196 g/mol. The molecule has 1 aliphatic carbocycles. The smallest absolute Gasteiger partial charge is 0.150 e. The highest BCUT2D eigenvalue weighted by Crippen LogP contribution is 2.58. The Morgan fingerprint density at radius 2 is 1.81 bits per heavy atom. The molecule has 0 radical (unpaired) electrons. The van der Waals surface area contributed by atoms with E-state index in [1.54, 1.807) is 0 Å². The number of hydrogen-bond donors (Lipinski definition) is 0. The van der Waals surface area contributed by atoms with Crippen LogP contribution in [0.5, 0.6) is 0 Å². The minimum absolute atomic E-state index is 0.126. The van der Waals surface area contributed by atoms with Gasteiger partial charge in [0.15, 0.2) is 0 Å². The van der Waals surface area contributed by atoms with Crippen LogP contribution in [0, 0.1) is 5.41 Å². The molecule has 0 bridgehead atoms. The average molecular weight is 216 g/mol. The lowest BCUT2D eigenvalue weighted by molar-refractivity contribution is 0.112.